The van der Waals surface area contributed by atoms with Crippen molar-refractivity contribution in [2.24, 2.45) is 5.73 Å². The second kappa shape index (κ2) is 12.4. The van der Waals surface area contributed by atoms with Gasteiger partial charge in [-0.2, -0.15) is 0 Å². The summed E-state index contributed by atoms with van der Waals surface area (Å²) in [4.78, 5) is 35.5. The molecule has 0 radical (unpaired) electrons. The number of nitrogens with two attached hydrogens (primary N) is 1. The Morgan fingerprint density at radius 2 is 1.54 bits per heavy atom. The number of halogens is 1. The van der Waals surface area contributed by atoms with Crippen molar-refractivity contribution in [1.82, 2.24) is 14.8 Å². The van der Waals surface area contributed by atoms with Crippen LogP contribution in [0.1, 0.15) is 66.8 Å². The predicted octanol–water partition coefficient (Wildman–Crippen LogP) is 5.38. The quantitative estimate of drug-likeness (QED) is 0.401. The van der Waals surface area contributed by atoms with Crippen molar-refractivity contribution in [3.8, 4) is 0 Å². The van der Waals surface area contributed by atoms with Crippen molar-refractivity contribution in [3.63, 3.8) is 0 Å². The Morgan fingerprint density at radius 3 is 2.10 bits per heavy atom. The van der Waals surface area contributed by atoms with E-state index in [4.69, 9.17) is 5.73 Å². The summed E-state index contributed by atoms with van der Waals surface area (Å²) in [7, 11) is 0. The number of primary amides is 1. The van der Waals surface area contributed by atoms with Crippen molar-refractivity contribution in [2.45, 2.75) is 65.2 Å². The van der Waals surface area contributed by atoms with Crippen LogP contribution >= 0.6 is 0 Å². The molecule has 0 aliphatic carbocycles. The van der Waals surface area contributed by atoms with Crippen LogP contribution in [0.4, 0.5) is 15.8 Å². The van der Waals surface area contributed by atoms with Gasteiger partial charge < -0.3 is 15.5 Å². The molecule has 2 heterocycles. The van der Waals surface area contributed by atoms with Crippen molar-refractivity contribution in [2.75, 3.05) is 18.0 Å². The molecule has 1 aromatic heterocycles. The smallest absolute Gasteiger partial charge is 0.254 e. The molecular formula is C31H38FN5O2. The second-order valence-corrected chi connectivity index (χ2v) is 10.7. The lowest BCUT2D eigenvalue weighted by molar-refractivity contribution is 0.0643. The van der Waals surface area contributed by atoms with Crippen LogP contribution < -0.4 is 10.6 Å². The lowest BCUT2D eigenvalue weighted by atomic mass is 9.99. The molecule has 39 heavy (non-hydrogen) atoms. The number of pyridine rings is 1. The van der Waals surface area contributed by atoms with E-state index in [1.165, 1.54) is 23.8 Å². The van der Waals surface area contributed by atoms with Gasteiger partial charge in [-0.3, -0.25) is 19.5 Å². The van der Waals surface area contributed by atoms with E-state index in [1.54, 1.807) is 24.5 Å². The Morgan fingerprint density at radius 1 is 0.949 bits per heavy atom. The zero-order valence-corrected chi connectivity index (χ0v) is 23.2. The van der Waals surface area contributed by atoms with Crippen molar-refractivity contribution in [3.05, 3.63) is 89.5 Å². The lowest BCUT2D eigenvalue weighted by Crippen LogP contribution is -2.43. The van der Waals surface area contributed by atoms with E-state index < -0.39 is 11.7 Å². The molecule has 0 saturated carbocycles. The molecule has 2 aromatic carbocycles. The number of rotatable bonds is 9. The molecule has 0 spiro atoms. The molecule has 1 saturated heterocycles. The van der Waals surface area contributed by atoms with Gasteiger partial charge in [0.2, 0.25) is 5.91 Å². The fourth-order valence-corrected chi connectivity index (χ4v) is 5.46. The molecule has 2 N–H and O–H groups in total. The Labute approximate surface area is 230 Å². The molecule has 8 heteroatoms. The summed E-state index contributed by atoms with van der Waals surface area (Å²) in [6.07, 6.45) is 5.21. The molecule has 0 unspecified atom stereocenters. The van der Waals surface area contributed by atoms with Gasteiger partial charge in [0.05, 0.1) is 5.69 Å². The zero-order chi connectivity index (χ0) is 28.1. The first-order valence-corrected chi connectivity index (χ1v) is 13.6. The van der Waals surface area contributed by atoms with Gasteiger partial charge in [0.15, 0.2) is 0 Å². The topological polar surface area (TPSA) is 82.8 Å². The maximum Gasteiger partial charge on any atom is 0.254 e. The normalized spacial score (nSPS) is 14.5. The highest BCUT2D eigenvalue weighted by molar-refractivity contribution is 5.95. The molecular weight excluding hydrogens is 493 g/mol. The minimum atomic E-state index is -0.605. The van der Waals surface area contributed by atoms with Gasteiger partial charge in [0.25, 0.3) is 5.91 Å². The number of carbonyl (C=O) groups excluding carboxylic acids is 2. The molecule has 1 aliphatic heterocycles. The van der Waals surface area contributed by atoms with Gasteiger partial charge in [-0.05, 0) is 101 Å². The second-order valence-electron chi connectivity index (χ2n) is 10.7. The summed E-state index contributed by atoms with van der Waals surface area (Å²) in [5.74, 6) is -1.07. The predicted molar refractivity (Wildman–Crippen MR) is 152 cm³/mol. The number of amides is 2. The van der Waals surface area contributed by atoms with E-state index in [-0.39, 0.29) is 29.6 Å². The largest absolute Gasteiger partial charge is 0.366 e. The molecule has 3 aromatic rings. The number of anilines is 2. The van der Waals surface area contributed by atoms with E-state index in [9.17, 15) is 9.59 Å². The average Bonchev–Trinajstić information content (AvgIpc) is 2.91. The number of piperidine rings is 1. The number of hydrogen-bond donors (Lipinski definition) is 1. The van der Waals surface area contributed by atoms with Crippen LogP contribution in [-0.4, -0.2) is 57.8 Å². The van der Waals surface area contributed by atoms with Crippen LogP contribution in [0.5, 0.6) is 0 Å². The Bertz CT molecular complexity index is 1260. The lowest BCUT2D eigenvalue weighted by Gasteiger charge is -2.40. The van der Waals surface area contributed by atoms with Crippen LogP contribution in [-0.2, 0) is 6.54 Å². The average molecular weight is 532 g/mol. The van der Waals surface area contributed by atoms with Crippen LogP contribution in [0.25, 0.3) is 0 Å². The Kier molecular flexibility index (Phi) is 8.97. The number of hydrogen-bond acceptors (Lipinski definition) is 5. The minimum absolute atomic E-state index is 0.000643. The molecule has 1 aliphatic rings. The van der Waals surface area contributed by atoms with Crippen LogP contribution in [0.2, 0.25) is 0 Å². The molecule has 0 atom stereocenters. The summed E-state index contributed by atoms with van der Waals surface area (Å²) < 4.78 is 15.3. The number of carbonyl (C=O) groups is 2. The third-order valence-electron chi connectivity index (χ3n) is 7.31. The van der Waals surface area contributed by atoms with Gasteiger partial charge in [-0.25, -0.2) is 4.39 Å². The number of likely N-dealkylation sites (tertiary alicyclic amines) is 1. The first kappa shape index (κ1) is 28.2. The summed E-state index contributed by atoms with van der Waals surface area (Å²) in [5.41, 5.74) is 8.65. The van der Waals surface area contributed by atoms with Crippen molar-refractivity contribution >= 4 is 23.2 Å². The van der Waals surface area contributed by atoms with Gasteiger partial charge in [0, 0.05) is 67.0 Å². The van der Waals surface area contributed by atoms with E-state index in [1.807, 2.05) is 61.8 Å². The SMILES string of the molecule is CC(C)N(C(=O)c1ccc(N(c2cc(C(N)=O)ccc2F)C2CCN(Cc3ccncc3)CC2)cc1)C(C)C. The van der Waals surface area contributed by atoms with Gasteiger partial charge >= 0.3 is 0 Å². The summed E-state index contributed by atoms with van der Waals surface area (Å²) in [6, 6.07) is 15.7. The molecule has 1 fully saturated rings. The highest BCUT2D eigenvalue weighted by Crippen LogP contribution is 2.35. The first-order valence-electron chi connectivity index (χ1n) is 13.6. The van der Waals surface area contributed by atoms with Crippen LogP contribution in [0, 0.1) is 5.82 Å². The number of aromatic nitrogens is 1. The number of nitrogens with zero attached hydrogens (tertiary/aromatic N) is 4. The minimum Gasteiger partial charge on any atom is -0.366 e. The van der Waals surface area contributed by atoms with Crippen molar-refractivity contribution in [1.29, 1.82) is 0 Å². The fraction of sp³-hybridized carbons (Fsp3) is 0.387. The van der Waals surface area contributed by atoms with Gasteiger partial charge in [0.1, 0.15) is 5.82 Å². The fourth-order valence-electron chi connectivity index (χ4n) is 5.46. The van der Waals surface area contributed by atoms with E-state index in [0.717, 1.165) is 38.2 Å². The molecule has 206 valence electrons. The van der Waals surface area contributed by atoms with Gasteiger partial charge in [-0.15, -0.1) is 0 Å². The Balaban J connectivity index is 1.63. The van der Waals surface area contributed by atoms with Gasteiger partial charge in [-0.1, -0.05) is 0 Å². The number of benzene rings is 2. The zero-order valence-electron chi connectivity index (χ0n) is 23.2. The third-order valence-corrected chi connectivity index (χ3v) is 7.31. The van der Waals surface area contributed by atoms with E-state index in [2.05, 4.69) is 9.88 Å². The van der Waals surface area contributed by atoms with E-state index >= 15 is 4.39 Å². The molecule has 0 bridgehead atoms. The molecule has 7 nitrogen and oxygen atoms in total. The maximum absolute atomic E-state index is 15.3. The third kappa shape index (κ3) is 6.63. The van der Waals surface area contributed by atoms with Crippen LogP contribution in [0.3, 0.4) is 0 Å². The molecule has 2 amide bonds. The summed E-state index contributed by atoms with van der Waals surface area (Å²) in [5, 5.41) is 0. The summed E-state index contributed by atoms with van der Waals surface area (Å²) in [6.45, 7) is 10.5. The van der Waals surface area contributed by atoms with Crippen LogP contribution in [0.15, 0.2) is 67.0 Å². The van der Waals surface area contributed by atoms with Crippen molar-refractivity contribution < 1.29 is 14.0 Å². The Hall–Kier alpha value is -3.78. The maximum atomic E-state index is 15.3. The first-order chi connectivity index (χ1) is 18.7. The highest BCUT2D eigenvalue weighted by atomic mass is 19.1. The molecule has 4 rings (SSSR count). The highest BCUT2D eigenvalue weighted by Gasteiger charge is 2.29. The summed E-state index contributed by atoms with van der Waals surface area (Å²) >= 11 is 0. The standard InChI is InChI=1S/C31H38FN5O2/c1-21(2)36(22(3)4)31(39)24-5-8-26(9-6-24)37(29-19-25(30(33)38)7-10-28(29)32)27-13-17-35(18-14-27)20-23-11-15-34-16-12-23/h5-12,15-16,19,21-22,27H,13-14,17-18,20H2,1-4H3,(H2,33,38). The van der Waals surface area contributed by atoms with E-state index in [0.29, 0.717) is 11.3 Å². The monoisotopic (exact) mass is 531 g/mol.